The fourth-order valence-electron chi connectivity index (χ4n) is 1.99. The van der Waals surface area contributed by atoms with Gasteiger partial charge in [0.1, 0.15) is 5.25 Å². The predicted octanol–water partition coefficient (Wildman–Crippen LogP) is 1.88. The number of amides is 1. The Kier molecular flexibility index (Phi) is 6.81. The van der Waals surface area contributed by atoms with E-state index in [1.165, 1.54) is 6.21 Å². The molecular weight excluding hydrogens is 346 g/mol. The molecule has 2 rings (SSSR count). The van der Waals surface area contributed by atoms with Crippen molar-refractivity contribution in [3.8, 4) is 11.5 Å². The van der Waals surface area contributed by atoms with E-state index in [1.54, 1.807) is 25.3 Å². The highest BCUT2D eigenvalue weighted by Crippen LogP contribution is 2.27. The molecule has 25 heavy (non-hydrogen) atoms. The fraction of sp³-hybridized carbons (Fsp3) is 0.375. The van der Waals surface area contributed by atoms with Gasteiger partial charge in [-0.1, -0.05) is 18.7 Å². The van der Waals surface area contributed by atoms with Crippen molar-refractivity contribution in [2.45, 2.75) is 25.0 Å². The summed E-state index contributed by atoms with van der Waals surface area (Å²) in [7, 11) is 1.57. The zero-order valence-electron chi connectivity index (χ0n) is 13.9. The Labute approximate surface area is 149 Å². The predicted molar refractivity (Wildman–Crippen MR) is 95.6 cm³/mol. The van der Waals surface area contributed by atoms with Crippen molar-refractivity contribution >= 4 is 35.0 Å². The van der Waals surface area contributed by atoms with Gasteiger partial charge in [0.25, 0.3) is 0 Å². The van der Waals surface area contributed by atoms with E-state index in [0.29, 0.717) is 18.1 Å². The minimum Gasteiger partial charge on any atom is -0.493 e. The van der Waals surface area contributed by atoms with E-state index in [9.17, 15) is 9.59 Å². The van der Waals surface area contributed by atoms with Crippen LogP contribution in [0.2, 0.25) is 0 Å². The first-order valence-corrected chi connectivity index (χ1v) is 8.52. The molecule has 0 aliphatic carbocycles. The molecule has 1 aliphatic heterocycles. The molecule has 0 spiro atoms. The number of carboxylic acids is 1. The summed E-state index contributed by atoms with van der Waals surface area (Å²) in [5.74, 6) is -0.158. The number of thioether (sulfide) groups is 1. The van der Waals surface area contributed by atoms with Crippen LogP contribution in [0.15, 0.2) is 28.4 Å². The second-order valence-corrected chi connectivity index (χ2v) is 6.29. The number of hydrogen-bond donors (Lipinski definition) is 2. The maximum absolute atomic E-state index is 11.6. The highest BCUT2D eigenvalue weighted by atomic mass is 32.2. The number of methoxy groups -OCH3 is 1. The number of ether oxygens (including phenoxy) is 2. The molecule has 0 bridgehead atoms. The van der Waals surface area contributed by atoms with Gasteiger partial charge in [0.05, 0.1) is 26.4 Å². The summed E-state index contributed by atoms with van der Waals surface area (Å²) in [5.41, 5.74) is 0.757. The van der Waals surface area contributed by atoms with E-state index in [0.717, 1.165) is 23.7 Å². The number of aliphatic carboxylic acids is 1. The van der Waals surface area contributed by atoms with Gasteiger partial charge in [-0.3, -0.25) is 9.59 Å². The van der Waals surface area contributed by atoms with Crippen molar-refractivity contribution in [3.63, 3.8) is 0 Å². The van der Waals surface area contributed by atoms with Crippen LogP contribution >= 0.6 is 11.8 Å². The van der Waals surface area contributed by atoms with E-state index in [4.69, 9.17) is 14.6 Å². The third kappa shape index (κ3) is 5.49. The molecule has 134 valence electrons. The Morgan fingerprint density at radius 2 is 2.24 bits per heavy atom. The number of rotatable bonds is 8. The van der Waals surface area contributed by atoms with Crippen LogP contribution in [-0.2, 0) is 9.59 Å². The van der Waals surface area contributed by atoms with Crippen molar-refractivity contribution in [2.75, 3.05) is 13.7 Å². The van der Waals surface area contributed by atoms with Crippen molar-refractivity contribution in [3.05, 3.63) is 23.8 Å². The van der Waals surface area contributed by atoms with Crippen molar-refractivity contribution in [1.82, 2.24) is 5.32 Å². The van der Waals surface area contributed by atoms with Crippen LogP contribution in [-0.4, -0.2) is 47.3 Å². The zero-order chi connectivity index (χ0) is 18.2. The molecule has 1 fully saturated rings. The lowest BCUT2D eigenvalue weighted by Gasteiger charge is -2.10. The number of nitrogens with zero attached hydrogens (tertiary/aromatic N) is 2. The minimum absolute atomic E-state index is 0.254. The normalized spacial score (nSPS) is 18.6. The van der Waals surface area contributed by atoms with Crippen LogP contribution < -0.4 is 14.8 Å². The van der Waals surface area contributed by atoms with E-state index in [-0.39, 0.29) is 17.5 Å². The molecule has 1 heterocycles. The fourth-order valence-corrected chi connectivity index (χ4v) is 2.91. The van der Waals surface area contributed by atoms with Crippen molar-refractivity contribution in [1.29, 1.82) is 0 Å². The molecule has 1 atom stereocenters. The second kappa shape index (κ2) is 9.07. The number of carbonyl (C=O) groups excluding carboxylic acids is 1. The number of benzene rings is 1. The number of carbonyl (C=O) groups is 2. The summed E-state index contributed by atoms with van der Waals surface area (Å²) in [6.45, 7) is 2.59. The van der Waals surface area contributed by atoms with E-state index < -0.39 is 11.2 Å². The number of hydrogen-bond acceptors (Lipinski definition) is 7. The van der Waals surface area contributed by atoms with Gasteiger partial charge in [-0.05, 0) is 30.2 Å². The van der Waals surface area contributed by atoms with Gasteiger partial charge in [-0.25, -0.2) is 0 Å². The van der Waals surface area contributed by atoms with Gasteiger partial charge in [0.15, 0.2) is 16.7 Å². The molecule has 0 saturated carbocycles. The summed E-state index contributed by atoms with van der Waals surface area (Å²) in [6, 6.07) is 5.36. The summed E-state index contributed by atoms with van der Waals surface area (Å²) < 4.78 is 10.9. The van der Waals surface area contributed by atoms with Crippen LogP contribution in [0.1, 0.15) is 25.3 Å². The molecule has 0 aromatic heterocycles. The molecule has 9 heteroatoms. The average molecular weight is 365 g/mol. The first kappa shape index (κ1) is 18.8. The Morgan fingerprint density at radius 1 is 1.44 bits per heavy atom. The smallest absolute Gasteiger partial charge is 0.305 e. The first-order chi connectivity index (χ1) is 12.0. The molecule has 0 radical (unpaired) electrons. The molecule has 1 unspecified atom stereocenters. The van der Waals surface area contributed by atoms with E-state index >= 15 is 0 Å². The van der Waals surface area contributed by atoms with Crippen LogP contribution in [0.3, 0.4) is 0 Å². The molecule has 8 nitrogen and oxygen atoms in total. The zero-order valence-corrected chi connectivity index (χ0v) is 14.7. The SMILES string of the molecule is CCCOc1cc(C=NN=C2NC(=O)C(CC(=O)O)S2)ccc1OC. The maximum atomic E-state index is 11.6. The largest absolute Gasteiger partial charge is 0.493 e. The Balaban J connectivity index is 2.04. The number of nitrogens with one attached hydrogen (secondary N) is 1. The summed E-state index contributed by atoms with van der Waals surface area (Å²) >= 11 is 1.05. The van der Waals surface area contributed by atoms with Crippen LogP contribution in [0.25, 0.3) is 0 Å². The first-order valence-electron chi connectivity index (χ1n) is 7.64. The van der Waals surface area contributed by atoms with E-state index in [2.05, 4.69) is 15.5 Å². The van der Waals surface area contributed by atoms with E-state index in [1.807, 2.05) is 6.92 Å². The highest BCUT2D eigenvalue weighted by molar-refractivity contribution is 8.15. The molecule has 1 aromatic rings. The standard InChI is InChI=1S/C16H19N3O5S/c1-3-6-24-12-7-10(4-5-11(12)23-2)9-17-19-16-18-15(22)13(25-16)8-14(20)21/h4-5,7,9,13H,3,6,8H2,1-2H3,(H,20,21)(H,18,19,22). The number of carboxylic acid groups (broad SMARTS) is 1. The third-order valence-corrected chi connectivity index (χ3v) is 4.21. The molecular formula is C16H19N3O5S. The topological polar surface area (TPSA) is 110 Å². The Morgan fingerprint density at radius 3 is 2.92 bits per heavy atom. The van der Waals surface area contributed by atoms with Crippen LogP contribution in [0.4, 0.5) is 0 Å². The molecule has 2 N–H and O–H groups in total. The lowest BCUT2D eigenvalue weighted by atomic mass is 10.2. The molecule has 1 amide bonds. The van der Waals surface area contributed by atoms with Gasteiger partial charge in [-0.2, -0.15) is 5.10 Å². The number of amidine groups is 1. The van der Waals surface area contributed by atoms with Gasteiger partial charge >= 0.3 is 5.97 Å². The molecule has 1 saturated heterocycles. The van der Waals surface area contributed by atoms with Crippen LogP contribution in [0.5, 0.6) is 11.5 Å². The summed E-state index contributed by atoms with van der Waals surface area (Å²) in [4.78, 5) is 22.3. The quantitative estimate of drug-likeness (QED) is 0.538. The summed E-state index contributed by atoms with van der Waals surface area (Å²) in [6.07, 6.45) is 2.14. The maximum Gasteiger partial charge on any atom is 0.305 e. The van der Waals surface area contributed by atoms with Gasteiger partial charge in [-0.15, -0.1) is 5.10 Å². The highest BCUT2D eigenvalue weighted by Gasteiger charge is 2.32. The average Bonchev–Trinajstić information content (AvgIpc) is 2.92. The molecule has 1 aliphatic rings. The van der Waals surface area contributed by atoms with Gasteiger partial charge < -0.3 is 19.9 Å². The Bertz CT molecular complexity index is 705. The molecule has 1 aromatic carbocycles. The van der Waals surface area contributed by atoms with Crippen molar-refractivity contribution in [2.24, 2.45) is 10.2 Å². The van der Waals surface area contributed by atoms with Gasteiger partial charge in [0, 0.05) is 0 Å². The minimum atomic E-state index is -1.03. The monoisotopic (exact) mass is 365 g/mol. The van der Waals surface area contributed by atoms with Crippen molar-refractivity contribution < 1.29 is 24.2 Å². The van der Waals surface area contributed by atoms with Crippen LogP contribution in [0, 0.1) is 0 Å². The lowest BCUT2D eigenvalue weighted by Crippen LogP contribution is -2.26. The summed E-state index contributed by atoms with van der Waals surface area (Å²) in [5, 5.41) is 18.7. The van der Waals surface area contributed by atoms with Gasteiger partial charge in [0.2, 0.25) is 5.91 Å². The Hall–Kier alpha value is -2.55. The second-order valence-electron chi connectivity index (χ2n) is 5.10. The third-order valence-electron chi connectivity index (χ3n) is 3.14. The lowest BCUT2D eigenvalue weighted by molar-refractivity contribution is -0.138.